The first-order valence-corrected chi connectivity index (χ1v) is 9.99. The molecule has 1 N–H and O–H groups in total. The minimum absolute atomic E-state index is 0.348. The molecule has 0 radical (unpaired) electrons. The molecule has 2 aliphatic rings. The fourth-order valence-corrected chi connectivity index (χ4v) is 4.80. The Labute approximate surface area is 154 Å². The van der Waals surface area contributed by atoms with E-state index in [-0.39, 0.29) is 6.10 Å². The van der Waals surface area contributed by atoms with Crippen molar-refractivity contribution in [1.29, 1.82) is 0 Å². The molecule has 2 fully saturated rings. The number of rotatable bonds is 4. The quantitative estimate of drug-likeness (QED) is 0.703. The highest BCUT2D eigenvalue weighted by Gasteiger charge is 2.34. The highest BCUT2D eigenvalue weighted by molar-refractivity contribution is 5.50. The normalized spacial score (nSPS) is 24.7. The zero-order valence-electron chi connectivity index (χ0n) is 15.1. The number of imidazole rings is 1. The van der Waals surface area contributed by atoms with Crippen LogP contribution in [0.2, 0.25) is 0 Å². The summed E-state index contributed by atoms with van der Waals surface area (Å²) in [4.78, 5) is 4.31. The summed E-state index contributed by atoms with van der Waals surface area (Å²) in [5.74, 6) is 1.62. The largest absolute Gasteiger partial charge is 0.387 e. The van der Waals surface area contributed by atoms with E-state index in [4.69, 9.17) is 0 Å². The summed E-state index contributed by atoms with van der Waals surface area (Å²) in [6.45, 7) is 0. The summed E-state index contributed by atoms with van der Waals surface area (Å²) in [5, 5.41) is 11.3. The number of benzene rings is 1. The fourth-order valence-electron chi connectivity index (χ4n) is 4.80. The molecule has 3 nitrogen and oxygen atoms in total. The minimum Gasteiger partial charge on any atom is -0.387 e. The Morgan fingerprint density at radius 1 is 0.885 bits per heavy atom. The molecule has 1 aromatic carbocycles. The highest BCUT2D eigenvalue weighted by Crippen LogP contribution is 2.47. The zero-order valence-corrected chi connectivity index (χ0v) is 15.1. The van der Waals surface area contributed by atoms with E-state index in [1.165, 1.54) is 36.8 Å². The molecule has 2 heterocycles. The molecule has 1 atom stereocenters. The zero-order chi connectivity index (χ0) is 17.5. The first-order valence-electron chi connectivity index (χ1n) is 9.99. The Morgan fingerprint density at radius 3 is 2.35 bits per heavy atom. The lowest BCUT2D eigenvalue weighted by molar-refractivity contribution is 0.0754. The van der Waals surface area contributed by atoms with Crippen LogP contribution in [0.15, 0.2) is 55.0 Å². The Balaban J connectivity index is 1.39. The molecule has 0 saturated heterocycles. The predicted octanol–water partition coefficient (Wildman–Crippen LogP) is 5.22. The van der Waals surface area contributed by atoms with Crippen molar-refractivity contribution in [3.8, 4) is 0 Å². The van der Waals surface area contributed by atoms with E-state index in [0.29, 0.717) is 17.8 Å². The van der Waals surface area contributed by atoms with Gasteiger partial charge in [-0.1, -0.05) is 36.4 Å². The van der Waals surface area contributed by atoms with E-state index in [1.54, 1.807) is 0 Å². The number of hydrogen-bond donors (Lipinski definition) is 1. The van der Waals surface area contributed by atoms with Crippen LogP contribution >= 0.6 is 0 Å². The maximum absolute atomic E-state index is 11.3. The van der Waals surface area contributed by atoms with Crippen molar-refractivity contribution in [2.24, 2.45) is 5.92 Å². The molecule has 26 heavy (non-hydrogen) atoms. The van der Waals surface area contributed by atoms with Gasteiger partial charge in [0.15, 0.2) is 0 Å². The van der Waals surface area contributed by atoms with Gasteiger partial charge in [0, 0.05) is 0 Å². The molecule has 2 aliphatic carbocycles. The average Bonchev–Trinajstić information content (AvgIpc) is 3.44. The number of aliphatic hydroxyl groups is 1. The van der Waals surface area contributed by atoms with Gasteiger partial charge < -0.3 is 9.51 Å². The van der Waals surface area contributed by atoms with Crippen molar-refractivity contribution in [2.45, 2.75) is 56.5 Å². The van der Waals surface area contributed by atoms with Crippen molar-refractivity contribution < 1.29 is 5.11 Å². The van der Waals surface area contributed by atoms with Crippen LogP contribution in [0, 0.1) is 5.92 Å². The van der Waals surface area contributed by atoms with Crippen LogP contribution in [-0.4, -0.2) is 14.5 Å². The van der Waals surface area contributed by atoms with Gasteiger partial charge in [-0.2, -0.15) is 0 Å². The number of pyridine rings is 1. The van der Waals surface area contributed by atoms with Gasteiger partial charge in [-0.3, -0.25) is 0 Å². The van der Waals surface area contributed by atoms with E-state index in [0.717, 1.165) is 24.1 Å². The molecular weight excluding hydrogens is 320 g/mol. The molecule has 5 rings (SSSR count). The highest BCUT2D eigenvalue weighted by atomic mass is 16.3. The van der Waals surface area contributed by atoms with Gasteiger partial charge in [0.1, 0.15) is 0 Å². The predicted molar refractivity (Wildman–Crippen MR) is 103 cm³/mol. The summed E-state index contributed by atoms with van der Waals surface area (Å²) in [7, 11) is 0. The second-order valence-corrected chi connectivity index (χ2v) is 8.10. The molecule has 2 saturated carbocycles. The van der Waals surface area contributed by atoms with Crippen molar-refractivity contribution in [3.63, 3.8) is 0 Å². The van der Waals surface area contributed by atoms with E-state index in [2.05, 4.69) is 51.8 Å². The van der Waals surface area contributed by atoms with Crippen molar-refractivity contribution in [2.75, 3.05) is 0 Å². The topological polar surface area (TPSA) is 37.5 Å². The van der Waals surface area contributed by atoms with Crippen LogP contribution in [0.25, 0.3) is 5.52 Å². The van der Waals surface area contributed by atoms with Gasteiger partial charge in [-0.15, -0.1) is 0 Å². The molecule has 0 bridgehead atoms. The molecule has 0 spiro atoms. The third kappa shape index (κ3) is 2.84. The van der Waals surface area contributed by atoms with Crippen LogP contribution in [0.4, 0.5) is 0 Å². The summed E-state index contributed by atoms with van der Waals surface area (Å²) < 4.78 is 2.13. The third-order valence-corrected chi connectivity index (χ3v) is 6.44. The monoisotopic (exact) mass is 346 g/mol. The summed E-state index contributed by atoms with van der Waals surface area (Å²) in [5.41, 5.74) is 4.98. The fraction of sp³-hybridized carbons (Fsp3) is 0.435. The van der Waals surface area contributed by atoms with E-state index < -0.39 is 0 Å². The van der Waals surface area contributed by atoms with E-state index in [9.17, 15) is 5.11 Å². The molecule has 134 valence electrons. The Morgan fingerprint density at radius 2 is 1.62 bits per heavy atom. The molecule has 3 aromatic rings. The average molecular weight is 346 g/mol. The van der Waals surface area contributed by atoms with Crippen LogP contribution in [0.1, 0.15) is 73.3 Å². The van der Waals surface area contributed by atoms with Crippen LogP contribution < -0.4 is 0 Å². The summed E-state index contributed by atoms with van der Waals surface area (Å²) in [6.07, 6.45) is 10.4. The smallest absolute Gasteiger partial charge is 0.0995 e. The summed E-state index contributed by atoms with van der Waals surface area (Å²) >= 11 is 0. The Hall–Kier alpha value is -2.13. The number of hydrogen-bond acceptors (Lipinski definition) is 2. The SMILES string of the molecule is O[C@@H](c1c(C2CC2)ccc2cncn12)[C@H]1CC[C@H](c2ccccc2)CC1. The minimum atomic E-state index is -0.389. The molecule has 0 unspecified atom stereocenters. The number of aromatic nitrogens is 2. The van der Waals surface area contributed by atoms with Gasteiger partial charge in [0.2, 0.25) is 0 Å². The van der Waals surface area contributed by atoms with Gasteiger partial charge in [-0.25, -0.2) is 4.98 Å². The lowest BCUT2D eigenvalue weighted by atomic mass is 9.75. The summed E-state index contributed by atoms with van der Waals surface area (Å²) in [6, 6.07) is 15.2. The second kappa shape index (κ2) is 6.55. The lowest BCUT2D eigenvalue weighted by Gasteiger charge is -2.33. The second-order valence-electron chi connectivity index (χ2n) is 8.10. The van der Waals surface area contributed by atoms with Gasteiger partial charge >= 0.3 is 0 Å². The number of nitrogens with zero attached hydrogens (tertiary/aromatic N) is 2. The Kier molecular flexibility index (Phi) is 4.05. The lowest BCUT2D eigenvalue weighted by Crippen LogP contribution is -2.22. The van der Waals surface area contributed by atoms with Crippen molar-refractivity contribution >= 4 is 5.52 Å². The third-order valence-electron chi connectivity index (χ3n) is 6.44. The standard InChI is InChI=1S/C23H26N2O/c26-23(19-10-6-17(7-11-19)16-4-2-1-3-5-16)22-21(18-8-9-18)13-12-20-14-24-15-25(20)22/h1-5,12-15,17-19,23,26H,6-11H2/t17-,19-,23-/m1/s1. The van der Waals surface area contributed by atoms with Crippen LogP contribution in [0.3, 0.4) is 0 Å². The van der Waals surface area contributed by atoms with Crippen LogP contribution in [-0.2, 0) is 0 Å². The molecular formula is C23H26N2O. The van der Waals surface area contributed by atoms with Gasteiger partial charge in [0.25, 0.3) is 0 Å². The first-order chi connectivity index (χ1) is 12.8. The van der Waals surface area contributed by atoms with Crippen molar-refractivity contribution in [3.05, 3.63) is 71.8 Å². The molecule has 2 aromatic heterocycles. The maximum atomic E-state index is 11.3. The molecule has 0 aliphatic heterocycles. The number of aliphatic hydroxyl groups excluding tert-OH is 1. The Bertz CT molecular complexity index is 889. The molecule has 3 heteroatoms. The van der Waals surface area contributed by atoms with Gasteiger partial charge in [-0.05, 0) is 73.5 Å². The van der Waals surface area contributed by atoms with Crippen LogP contribution in [0.5, 0.6) is 0 Å². The van der Waals surface area contributed by atoms with Crippen molar-refractivity contribution in [1.82, 2.24) is 9.38 Å². The first kappa shape index (κ1) is 16.1. The van der Waals surface area contributed by atoms with E-state index in [1.807, 2.05) is 12.5 Å². The number of fused-ring (bicyclic) bond motifs is 1. The maximum Gasteiger partial charge on any atom is 0.0995 e. The van der Waals surface area contributed by atoms with Gasteiger partial charge in [0.05, 0.1) is 29.8 Å². The molecule has 0 amide bonds. The van der Waals surface area contributed by atoms with E-state index >= 15 is 0 Å².